The van der Waals surface area contributed by atoms with Crippen LogP contribution in [0, 0.1) is 5.92 Å². The summed E-state index contributed by atoms with van der Waals surface area (Å²) in [6, 6.07) is 8.33. The molecule has 1 aromatic rings. The van der Waals surface area contributed by atoms with Gasteiger partial charge in [0.05, 0.1) is 6.61 Å². The summed E-state index contributed by atoms with van der Waals surface area (Å²) in [5, 5.41) is 0. The number of hydrogen-bond donors (Lipinski definition) is 0. The second kappa shape index (κ2) is 3.64. The van der Waals surface area contributed by atoms with Gasteiger partial charge in [-0.05, 0) is 18.1 Å². The first-order valence-corrected chi connectivity index (χ1v) is 5.69. The second-order valence-electron chi connectivity index (χ2n) is 3.14. The lowest BCUT2D eigenvalue weighted by Gasteiger charge is -2.23. The maximum absolute atomic E-state index is 5.62. The molecule has 0 aromatic heterocycles. The van der Waals surface area contributed by atoms with E-state index in [0.717, 1.165) is 12.4 Å². The lowest BCUT2D eigenvalue weighted by molar-refractivity contribution is 0.238. The number of ether oxygens (including phenoxy) is 1. The van der Waals surface area contributed by atoms with Crippen LogP contribution in [0.3, 0.4) is 0 Å². The van der Waals surface area contributed by atoms with Crippen LogP contribution in [-0.2, 0) is 6.42 Å². The number of halogens is 1. The SMILES string of the molecule is IC[C@H]1COc2ccccc2C1. The Kier molecular flexibility index (Phi) is 2.54. The van der Waals surface area contributed by atoms with Crippen molar-refractivity contribution in [3.05, 3.63) is 29.8 Å². The minimum atomic E-state index is 0.709. The Bertz CT molecular complexity index is 272. The van der Waals surface area contributed by atoms with Gasteiger partial charge in [-0.3, -0.25) is 0 Å². The summed E-state index contributed by atoms with van der Waals surface area (Å²) in [6.45, 7) is 0.889. The monoisotopic (exact) mass is 274 g/mol. The van der Waals surface area contributed by atoms with Crippen LogP contribution in [0.15, 0.2) is 24.3 Å². The number of fused-ring (bicyclic) bond motifs is 1. The van der Waals surface area contributed by atoms with E-state index in [1.807, 2.05) is 6.07 Å². The largest absolute Gasteiger partial charge is 0.493 e. The quantitative estimate of drug-likeness (QED) is 0.565. The zero-order valence-electron chi connectivity index (χ0n) is 6.79. The Hall–Kier alpha value is -0.250. The van der Waals surface area contributed by atoms with Crippen molar-refractivity contribution in [2.24, 2.45) is 5.92 Å². The Labute approximate surface area is 86.3 Å². The molecule has 1 nitrogen and oxygen atoms in total. The zero-order valence-corrected chi connectivity index (χ0v) is 8.95. The van der Waals surface area contributed by atoms with E-state index < -0.39 is 0 Å². The predicted molar refractivity (Wildman–Crippen MR) is 58.0 cm³/mol. The van der Waals surface area contributed by atoms with Crippen LogP contribution in [0.1, 0.15) is 5.56 Å². The molecule has 0 unspecified atom stereocenters. The first kappa shape index (κ1) is 8.35. The normalized spacial score (nSPS) is 21.2. The number of benzene rings is 1. The van der Waals surface area contributed by atoms with E-state index in [4.69, 9.17) is 4.74 Å². The molecule has 1 aliphatic rings. The first-order chi connectivity index (χ1) is 5.90. The van der Waals surface area contributed by atoms with Crippen molar-refractivity contribution in [1.82, 2.24) is 0 Å². The summed E-state index contributed by atoms with van der Waals surface area (Å²) in [5.74, 6) is 1.79. The van der Waals surface area contributed by atoms with Crippen LogP contribution < -0.4 is 4.74 Å². The third kappa shape index (κ3) is 1.58. The van der Waals surface area contributed by atoms with Crippen molar-refractivity contribution >= 4 is 22.6 Å². The third-order valence-electron chi connectivity index (χ3n) is 2.17. The highest BCUT2D eigenvalue weighted by molar-refractivity contribution is 14.1. The molecule has 0 spiro atoms. The molecule has 0 fully saturated rings. The molecule has 1 aliphatic heterocycles. The lowest BCUT2D eigenvalue weighted by atomic mass is 9.99. The average Bonchev–Trinajstić information content (AvgIpc) is 2.17. The van der Waals surface area contributed by atoms with Crippen LogP contribution in [-0.4, -0.2) is 11.0 Å². The Morgan fingerprint density at radius 3 is 3.08 bits per heavy atom. The third-order valence-corrected chi connectivity index (χ3v) is 3.42. The van der Waals surface area contributed by atoms with Gasteiger partial charge in [-0.15, -0.1) is 0 Å². The molecule has 0 saturated carbocycles. The molecule has 0 aliphatic carbocycles. The zero-order chi connectivity index (χ0) is 8.39. The van der Waals surface area contributed by atoms with E-state index in [0.29, 0.717) is 5.92 Å². The molecule has 12 heavy (non-hydrogen) atoms. The molecule has 0 saturated heterocycles. The van der Waals surface area contributed by atoms with Gasteiger partial charge in [-0.1, -0.05) is 40.8 Å². The van der Waals surface area contributed by atoms with Crippen LogP contribution in [0.25, 0.3) is 0 Å². The van der Waals surface area contributed by atoms with Gasteiger partial charge >= 0.3 is 0 Å². The van der Waals surface area contributed by atoms with Crippen molar-refractivity contribution < 1.29 is 4.74 Å². The van der Waals surface area contributed by atoms with Crippen molar-refractivity contribution in [1.29, 1.82) is 0 Å². The summed E-state index contributed by atoms with van der Waals surface area (Å²) in [7, 11) is 0. The summed E-state index contributed by atoms with van der Waals surface area (Å²) in [6.07, 6.45) is 1.18. The summed E-state index contributed by atoms with van der Waals surface area (Å²) in [4.78, 5) is 0. The van der Waals surface area contributed by atoms with Crippen molar-refractivity contribution in [2.75, 3.05) is 11.0 Å². The number of hydrogen-bond acceptors (Lipinski definition) is 1. The minimum Gasteiger partial charge on any atom is -0.493 e. The van der Waals surface area contributed by atoms with Gasteiger partial charge in [-0.2, -0.15) is 0 Å². The molecule has 2 heteroatoms. The summed E-state index contributed by atoms with van der Waals surface area (Å²) < 4.78 is 6.81. The van der Waals surface area contributed by atoms with Crippen molar-refractivity contribution in [3.63, 3.8) is 0 Å². The first-order valence-electron chi connectivity index (χ1n) is 4.17. The Balaban J connectivity index is 2.23. The molecule has 0 bridgehead atoms. The Morgan fingerprint density at radius 1 is 1.42 bits per heavy atom. The highest BCUT2D eigenvalue weighted by Gasteiger charge is 2.17. The van der Waals surface area contributed by atoms with Gasteiger partial charge in [0.2, 0.25) is 0 Å². The van der Waals surface area contributed by atoms with Crippen LogP contribution in [0.5, 0.6) is 5.75 Å². The van der Waals surface area contributed by atoms with Crippen LogP contribution >= 0.6 is 22.6 Å². The average molecular weight is 274 g/mol. The maximum atomic E-state index is 5.62. The minimum absolute atomic E-state index is 0.709. The lowest BCUT2D eigenvalue weighted by Crippen LogP contribution is -2.21. The van der Waals surface area contributed by atoms with Gasteiger partial charge < -0.3 is 4.74 Å². The van der Waals surface area contributed by atoms with E-state index in [1.165, 1.54) is 16.4 Å². The van der Waals surface area contributed by atoms with Crippen molar-refractivity contribution in [2.45, 2.75) is 6.42 Å². The van der Waals surface area contributed by atoms with E-state index >= 15 is 0 Å². The van der Waals surface area contributed by atoms with E-state index in [2.05, 4.69) is 40.8 Å². The molecule has 0 N–H and O–H groups in total. The van der Waals surface area contributed by atoms with Gasteiger partial charge in [0.25, 0.3) is 0 Å². The van der Waals surface area contributed by atoms with Gasteiger partial charge in [-0.25, -0.2) is 0 Å². The van der Waals surface area contributed by atoms with E-state index in [1.54, 1.807) is 0 Å². The predicted octanol–water partition coefficient (Wildman–Crippen LogP) is 2.67. The molecule has 0 amide bonds. The highest BCUT2D eigenvalue weighted by atomic mass is 127. The highest BCUT2D eigenvalue weighted by Crippen LogP contribution is 2.27. The topological polar surface area (TPSA) is 9.23 Å². The van der Waals surface area contributed by atoms with E-state index in [9.17, 15) is 0 Å². The van der Waals surface area contributed by atoms with E-state index in [-0.39, 0.29) is 0 Å². The number of rotatable bonds is 1. The van der Waals surface area contributed by atoms with Gasteiger partial charge in [0, 0.05) is 10.3 Å². The molecule has 1 aromatic carbocycles. The standard InChI is InChI=1S/C10H11IO/c11-6-8-5-9-3-1-2-4-10(9)12-7-8/h1-4,8H,5-7H2/t8-/m0/s1. The second-order valence-corrected chi connectivity index (χ2v) is 4.02. The molecular weight excluding hydrogens is 263 g/mol. The molecule has 1 heterocycles. The molecule has 2 rings (SSSR count). The smallest absolute Gasteiger partial charge is 0.122 e. The number of alkyl halides is 1. The molecule has 0 radical (unpaired) electrons. The molecule has 64 valence electrons. The van der Waals surface area contributed by atoms with Crippen molar-refractivity contribution in [3.8, 4) is 5.75 Å². The molecule has 1 atom stereocenters. The van der Waals surface area contributed by atoms with Crippen LogP contribution in [0.2, 0.25) is 0 Å². The van der Waals surface area contributed by atoms with Gasteiger partial charge in [0.1, 0.15) is 5.75 Å². The molecular formula is C10H11IO. The maximum Gasteiger partial charge on any atom is 0.122 e. The number of para-hydroxylation sites is 1. The fourth-order valence-corrected chi connectivity index (χ4v) is 2.06. The summed E-state index contributed by atoms with van der Waals surface area (Å²) in [5.41, 5.74) is 1.37. The van der Waals surface area contributed by atoms with Crippen LogP contribution in [0.4, 0.5) is 0 Å². The van der Waals surface area contributed by atoms with Gasteiger partial charge in [0.15, 0.2) is 0 Å². The Morgan fingerprint density at radius 2 is 2.25 bits per heavy atom. The fraction of sp³-hybridized carbons (Fsp3) is 0.400. The summed E-state index contributed by atoms with van der Waals surface area (Å²) >= 11 is 2.43. The fourth-order valence-electron chi connectivity index (χ4n) is 1.49.